The van der Waals surface area contributed by atoms with Crippen molar-refractivity contribution in [3.8, 4) is 0 Å². The van der Waals surface area contributed by atoms with E-state index in [-0.39, 0.29) is 5.78 Å². The van der Waals surface area contributed by atoms with Crippen LogP contribution in [0.2, 0.25) is 0 Å². The third kappa shape index (κ3) is 4.84. The highest BCUT2D eigenvalue weighted by atomic mass is 16.5. The van der Waals surface area contributed by atoms with Crippen LogP contribution in [0.25, 0.3) is 6.08 Å². The smallest absolute Gasteiger partial charge is 0.335 e. The maximum atomic E-state index is 12.8. The minimum Gasteiger partial charge on any atom is -0.479 e. The minimum absolute atomic E-state index is 0.0116. The SMILES string of the molecule is Cc1ccc(C(=O)c2cccn2C/C=C/c2ccc(COC3(C(=O)O)CC3)cc2)cc1. The Morgan fingerprint density at radius 2 is 1.77 bits per heavy atom. The van der Waals surface area contributed by atoms with Gasteiger partial charge in [0.2, 0.25) is 5.78 Å². The van der Waals surface area contributed by atoms with E-state index in [4.69, 9.17) is 4.74 Å². The zero-order chi connectivity index (χ0) is 21.8. The van der Waals surface area contributed by atoms with Crippen LogP contribution in [0.1, 0.15) is 45.6 Å². The molecule has 4 rings (SSSR count). The molecular formula is C26H25NO4. The number of ketones is 1. The van der Waals surface area contributed by atoms with Gasteiger partial charge in [0, 0.05) is 18.3 Å². The zero-order valence-corrected chi connectivity index (χ0v) is 17.5. The number of carbonyl (C=O) groups excluding carboxylic acids is 1. The Balaban J connectivity index is 1.35. The molecule has 1 N–H and O–H groups in total. The molecule has 1 aliphatic rings. The molecule has 0 amide bonds. The molecule has 1 aromatic heterocycles. The van der Waals surface area contributed by atoms with Crippen molar-refractivity contribution in [2.75, 3.05) is 0 Å². The van der Waals surface area contributed by atoms with E-state index in [0.717, 1.165) is 16.7 Å². The zero-order valence-electron chi connectivity index (χ0n) is 17.5. The van der Waals surface area contributed by atoms with Crippen molar-refractivity contribution in [1.82, 2.24) is 4.57 Å². The summed E-state index contributed by atoms with van der Waals surface area (Å²) in [4.78, 5) is 24.0. The van der Waals surface area contributed by atoms with Gasteiger partial charge in [0.25, 0.3) is 0 Å². The highest BCUT2D eigenvalue weighted by molar-refractivity contribution is 6.08. The molecule has 1 saturated carbocycles. The van der Waals surface area contributed by atoms with Gasteiger partial charge in [-0.05, 0) is 43.0 Å². The molecule has 1 aliphatic carbocycles. The lowest BCUT2D eigenvalue weighted by Crippen LogP contribution is -2.25. The standard InChI is InChI=1S/C26H25NO4/c1-19-6-12-22(13-7-19)24(28)23-5-3-17-27(23)16-2-4-20-8-10-21(11-9-20)18-31-26(14-15-26)25(29)30/h2-13,17H,14-16,18H2,1H3,(H,29,30)/b4-2+. The Labute approximate surface area is 181 Å². The maximum Gasteiger partial charge on any atom is 0.335 e. The number of nitrogens with zero attached hydrogens (tertiary/aromatic N) is 1. The molecule has 0 atom stereocenters. The highest BCUT2D eigenvalue weighted by Crippen LogP contribution is 2.40. The van der Waals surface area contributed by atoms with Gasteiger partial charge < -0.3 is 14.4 Å². The quantitative estimate of drug-likeness (QED) is 0.506. The molecule has 5 heteroatoms. The number of aromatic nitrogens is 1. The summed E-state index contributed by atoms with van der Waals surface area (Å²) in [5, 5.41) is 9.17. The number of carboxylic acids is 1. The topological polar surface area (TPSA) is 68.5 Å². The number of benzene rings is 2. The first-order valence-corrected chi connectivity index (χ1v) is 10.4. The van der Waals surface area contributed by atoms with E-state index in [1.54, 1.807) is 0 Å². The van der Waals surface area contributed by atoms with Crippen LogP contribution in [-0.4, -0.2) is 27.0 Å². The summed E-state index contributed by atoms with van der Waals surface area (Å²) in [7, 11) is 0. The third-order valence-corrected chi connectivity index (χ3v) is 5.58. The fourth-order valence-corrected chi connectivity index (χ4v) is 3.41. The first-order valence-electron chi connectivity index (χ1n) is 10.4. The van der Waals surface area contributed by atoms with Gasteiger partial charge in [-0.2, -0.15) is 0 Å². The molecule has 0 bridgehead atoms. The van der Waals surface area contributed by atoms with Crippen LogP contribution in [0.3, 0.4) is 0 Å². The second-order valence-electron chi connectivity index (χ2n) is 7.97. The second kappa shape index (κ2) is 8.74. The molecule has 0 saturated heterocycles. The average Bonchev–Trinajstić information content (AvgIpc) is 3.44. The van der Waals surface area contributed by atoms with Crippen molar-refractivity contribution < 1.29 is 19.4 Å². The number of ether oxygens (including phenoxy) is 1. The van der Waals surface area contributed by atoms with E-state index < -0.39 is 11.6 Å². The molecule has 0 unspecified atom stereocenters. The van der Waals surface area contributed by atoms with Gasteiger partial charge in [0.1, 0.15) is 0 Å². The van der Waals surface area contributed by atoms with Crippen molar-refractivity contribution in [2.24, 2.45) is 0 Å². The van der Waals surface area contributed by atoms with E-state index in [1.807, 2.05) is 90.5 Å². The normalized spacial score (nSPS) is 14.6. The second-order valence-corrected chi connectivity index (χ2v) is 7.97. The van der Waals surface area contributed by atoms with Gasteiger partial charge in [-0.25, -0.2) is 4.79 Å². The minimum atomic E-state index is -0.969. The number of hydrogen-bond donors (Lipinski definition) is 1. The van der Waals surface area contributed by atoms with Gasteiger partial charge >= 0.3 is 5.97 Å². The largest absolute Gasteiger partial charge is 0.479 e. The van der Waals surface area contributed by atoms with Crippen LogP contribution in [0, 0.1) is 6.92 Å². The molecule has 31 heavy (non-hydrogen) atoms. The fourth-order valence-electron chi connectivity index (χ4n) is 3.41. The lowest BCUT2D eigenvalue weighted by molar-refractivity contribution is -0.154. The van der Waals surface area contributed by atoms with Crippen molar-refractivity contribution in [3.05, 3.63) is 101 Å². The lowest BCUT2D eigenvalue weighted by Gasteiger charge is -2.11. The van der Waals surface area contributed by atoms with E-state index in [9.17, 15) is 14.7 Å². The van der Waals surface area contributed by atoms with Crippen LogP contribution in [0.5, 0.6) is 0 Å². The summed E-state index contributed by atoms with van der Waals surface area (Å²) in [5.74, 6) is -0.866. The summed E-state index contributed by atoms with van der Waals surface area (Å²) in [6, 6.07) is 19.2. The number of allylic oxidation sites excluding steroid dienone is 1. The molecule has 2 aromatic carbocycles. The van der Waals surface area contributed by atoms with Crippen molar-refractivity contribution >= 4 is 17.8 Å². The summed E-state index contributed by atoms with van der Waals surface area (Å²) < 4.78 is 7.52. The van der Waals surface area contributed by atoms with Crippen LogP contribution in [0.15, 0.2) is 72.9 Å². The van der Waals surface area contributed by atoms with Gasteiger partial charge in [0.15, 0.2) is 5.60 Å². The van der Waals surface area contributed by atoms with Gasteiger partial charge in [0.05, 0.1) is 12.3 Å². The van der Waals surface area contributed by atoms with E-state index in [2.05, 4.69) is 0 Å². The van der Waals surface area contributed by atoms with Crippen molar-refractivity contribution in [3.63, 3.8) is 0 Å². The number of rotatable bonds is 9. The van der Waals surface area contributed by atoms with Crippen LogP contribution in [-0.2, 0) is 22.7 Å². The Kier molecular flexibility index (Phi) is 5.87. The summed E-state index contributed by atoms with van der Waals surface area (Å²) in [6.07, 6.45) is 7.09. The summed E-state index contributed by atoms with van der Waals surface area (Å²) in [6.45, 7) is 2.89. The van der Waals surface area contributed by atoms with E-state index in [1.165, 1.54) is 0 Å². The molecule has 5 nitrogen and oxygen atoms in total. The highest BCUT2D eigenvalue weighted by Gasteiger charge is 2.51. The Morgan fingerprint density at radius 1 is 1.06 bits per heavy atom. The monoisotopic (exact) mass is 415 g/mol. The first kappa shape index (κ1) is 20.8. The van der Waals surface area contributed by atoms with Gasteiger partial charge in [-0.3, -0.25) is 4.79 Å². The fraction of sp³-hybridized carbons (Fsp3) is 0.231. The van der Waals surface area contributed by atoms with E-state index >= 15 is 0 Å². The molecule has 1 fully saturated rings. The molecule has 1 heterocycles. The Morgan fingerprint density at radius 3 is 2.42 bits per heavy atom. The van der Waals surface area contributed by atoms with Crippen molar-refractivity contribution in [2.45, 2.75) is 38.5 Å². The Bertz CT molecular complexity index is 1100. The number of carbonyl (C=O) groups is 2. The average molecular weight is 415 g/mol. The van der Waals surface area contributed by atoms with E-state index in [0.29, 0.717) is 37.3 Å². The number of aryl methyl sites for hydroxylation is 1. The molecule has 158 valence electrons. The van der Waals surface area contributed by atoms with Crippen LogP contribution in [0.4, 0.5) is 0 Å². The number of aliphatic carboxylic acids is 1. The predicted octanol–water partition coefficient (Wildman–Crippen LogP) is 4.87. The number of hydrogen-bond acceptors (Lipinski definition) is 3. The number of carboxylic acid groups (broad SMARTS) is 1. The lowest BCUT2D eigenvalue weighted by atomic mass is 10.1. The van der Waals surface area contributed by atoms with Crippen LogP contribution >= 0.6 is 0 Å². The van der Waals surface area contributed by atoms with Crippen LogP contribution < -0.4 is 0 Å². The molecular weight excluding hydrogens is 390 g/mol. The molecule has 0 radical (unpaired) electrons. The first-order chi connectivity index (χ1) is 15.0. The van der Waals surface area contributed by atoms with Gasteiger partial charge in [-0.15, -0.1) is 0 Å². The summed E-state index contributed by atoms with van der Waals surface area (Å²) >= 11 is 0. The Hall–Kier alpha value is -3.44. The molecule has 3 aromatic rings. The van der Waals surface area contributed by atoms with Crippen molar-refractivity contribution in [1.29, 1.82) is 0 Å². The maximum absolute atomic E-state index is 12.8. The summed E-state index contributed by atoms with van der Waals surface area (Å²) in [5.41, 5.74) is 3.48. The predicted molar refractivity (Wildman–Crippen MR) is 119 cm³/mol. The third-order valence-electron chi connectivity index (χ3n) is 5.58. The molecule has 0 spiro atoms. The molecule has 0 aliphatic heterocycles. The van der Waals surface area contributed by atoms with Gasteiger partial charge in [-0.1, -0.05) is 66.2 Å².